The molecule has 110 valence electrons. The third kappa shape index (κ3) is 3.58. The number of amides is 1. The molecule has 1 saturated carbocycles. The quantitative estimate of drug-likeness (QED) is 0.809. The fourth-order valence-electron chi connectivity index (χ4n) is 2.11. The van der Waals surface area contributed by atoms with Gasteiger partial charge in [-0.1, -0.05) is 18.5 Å². The summed E-state index contributed by atoms with van der Waals surface area (Å²) in [7, 11) is 0. The smallest absolute Gasteiger partial charge is 0.220 e. The first kappa shape index (κ1) is 15.5. The van der Waals surface area contributed by atoms with E-state index in [0.717, 1.165) is 24.2 Å². The van der Waals surface area contributed by atoms with Gasteiger partial charge < -0.3 is 10.1 Å². The zero-order valence-electron chi connectivity index (χ0n) is 11.7. The van der Waals surface area contributed by atoms with E-state index >= 15 is 0 Å². The monoisotopic (exact) mass is 315 g/mol. The van der Waals surface area contributed by atoms with E-state index in [2.05, 4.69) is 5.32 Å². The zero-order valence-corrected chi connectivity index (χ0v) is 13.2. The minimum Gasteiger partial charge on any atom is -0.492 e. The molecule has 2 rings (SSSR count). The maximum atomic E-state index is 11.6. The normalized spacial score (nSPS) is 17.4. The summed E-state index contributed by atoms with van der Waals surface area (Å²) in [5, 5.41) is 3.67. The highest BCUT2D eigenvalue weighted by atomic mass is 35.5. The van der Waals surface area contributed by atoms with Crippen molar-refractivity contribution >= 4 is 29.1 Å². The minimum atomic E-state index is -0.309. The van der Waals surface area contributed by atoms with Gasteiger partial charge in [0.1, 0.15) is 12.4 Å². The fraction of sp³-hybridized carbons (Fsp3) is 0.533. The molecule has 1 fully saturated rings. The van der Waals surface area contributed by atoms with Crippen molar-refractivity contribution in [2.75, 3.05) is 6.61 Å². The Balaban J connectivity index is 2.18. The van der Waals surface area contributed by atoms with Gasteiger partial charge in [0.2, 0.25) is 5.91 Å². The van der Waals surface area contributed by atoms with Crippen LogP contribution < -0.4 is 10.1 Å². The van der Waals surface area contributed by atoms with Crippen LogP contribution in [0.3, 0.4) is 0 Å². The average Bonchev–Trinajstić information content (AvgIpc) is 3.18. The molecule has 0 radical (unpaired) electrons. The molecule has 0 bridgehead atoms. The van der Waals surface area contributed by atoms with Crippen molar-refractivity contribution in [3.05, 3.63) is 28.8 Å². The van der Waals surface area contributed by atoms with Gasteiger partial charge in [0.25, 0.3) is 0 Å². The summed E-state index contributed by atoms with van der Waals surface area (Å²) < 4.78 is 5.61. The lowest BCUT2D eigenvalue weighted by Crippen LogP contribution is -2.34. The predicted octanol–water partition coefficient (Wildman–Crippen LogP) is 3.86. The molecule has 1 aliphatic rings. The standard InChI is InChI=1S/C15H19Cl2NO2/c1-3-14(19)18-15(6-7-15)12-8-11(4-5-13(12)17)20-9-10(2)16/h4-5,8,10H,3,6-7,9H2,1-2H3,(H,18,19)/t10-/m0/s1. The summed E-state index contributed by atoms with van der Waals surface area (Å²) in [6.07, 6.45) is 2.29. The largest absolute Gasteiger partial charge is 0.492 e. The van der Waals surface area contributed by atoms with E-state index in [1.165, 1.54) is 0 Å². The molecule has 0 unspecified atom stereocenters. The summed E-state index contributed by atoms with van der Waals surface area (Å²) in [5.74, 6) is 0.771. The predicted molar refractivity (Wildman–Crippen MR) is 81.6 cm³/mol. The summed E-state index contributed by atoms with van der Waals surface area (Å²) in [5.41, 5.74) is 0.622. The SMILES string of the molecule is CCC(=O)NC1(c2cc(OC[C@H](C)Cl)ccc2Cl)CC1. The Bertz CT molecular complexity index is 499. The Labute approximate surface area is 129 Å². The molecule has 0 heterocycles. The second-order valence-corrected chi connectivity index (χ2v) is 6.37. The molecule has 3 nitrogen and oxygen atoms in total. The molecule has 0 aromatic heterocycles. The highest BCUT2D eigenvalue weighted by Crippen LogP contribution is 2.49. The van der Waals surface area contributed by atoms with E-state index in [9.17, 15) is 4.79 Å². The van der Waals surface area contributed by atoms with Gasteiger partial charge in [-0.3, -0.25) is 4.79 Å². The van der Waals surface area contributed by atoms with Crippen molar-refractivity contribution in [3.63, 3.8) is 0 Å². The van der Waals surface area contributed by atoms with Crippen LogP contribution in [0.25, 0.3) is 0 Å². The van der Waals surface area contributed by atoms with Crippen molar-refractivity contribution in [1.82, 2.24) is 5.32 Å². The second-order valence-electron chi connectivity index (χ2n) is 5.22. The third-order valence-electron chi connectivity index (χ3n) is 3.38. The zero-order chi connectivity index (χ0) is 14.8. The average molecular weight is 316 g/mol. The number of ether oxygens (including phenoxy) is 1. The first-order valence-corrected chi connectivity index (χ1v) is 7.66. The lowest BCUT2D eigenvalue weighted by atomic mass is 10.0. The van der Waals surface area contributed by atoms with Crippen LogP contribution in [0.5, 0.6) is 5.75 Å². The fourth-order valence-corrected chi connectivity index (χ4v) is 2.48. The van der Waals surface area contributed by atoms with Crippen LogP contribution in [0.15, 0.2) is 18.2 Å². The molecule has 1 N–H and O–H groups in total. The van der Waals surface area contributed by atoms with Gasteiger partial charge in [-0.2, -0.15) is 0 Å². The van der Waals surface area contributed by atoms with Gasteiger partial charge in [0.05, 0.1) is 10.9 Å². The van der Waals surface area contributed by atoms with Crippen LogP contribution >= 0.6 is 23.2 Å². The van der Waals surface area contributed by atoms with Crippen molar-refractivity contribution in [2.45, 2.75) is 44.0 Å². The third-order valence-corrected chi connectivity index (χ3v) is 3.84. The number of hydrogen-bond donors (Lipinski definition) is 1. The summed E-state index contributed by atoms with van der Waals surface area (Å²) in [6, 6.07) is 5.54. The van der Waals surface area contributed by atoms with Crippen LogP contribution in [0.1, 0.15) is 38.7 Å². The topological polar surface area (TPSA) is 38.3 Å². The van der Waals surface area contributed by atoms with E-state index in [1.54, 1.807) is 0 Å². The Kier molecular flexibility index (Phi) is 4.82. The number of rotatable bonds is 6. The van der Waals surface area contributed by atoms with Crippen molar-refractivity contribution in [1.29, 1.82) is 0 Å². The summed E-state index contributed by atoms with van der Waals surface area (Å²) in [6.45, 7) is 4.16. The lowest BCUT2D eigenvalue weighted by Gasteiger charge is -2.20. The van der Waals surface area contributed by atoms with Gasteiger partial charge in [-0.25, -0.2) is 0 Å². The van der Waals surface area contributed by atoms with Crippen LogP contribution in [-0.2, 0) is 10.3 Å². The molecule has 5 heteroatoms. The highest BCUT2D eigenvalue weighted by molar-refractivity contribution is 6.31. The first-order chi connectivity index (χ1) is 9.47. The molecule has 1 amide bonds. The number of hydrogen-bond acceptors (Lipinski definition) is 2. The van der Waals surface area contributed by atoms with Crippen LogP contribution in [-0.4, -0.2) is 17.9 Å². The van der Waals surface area contributed by atoms with Crippen molar-refractivity contribution < 1.29 is 9.53 Å². The summed E-state index contributed by atoms with van der Waals surface area (Å²) in [4.78, 5) is 11.6. The van der Waals surface area contributed by atoms with E-state index in [0.29, 0.717) is 18.1 Å². The number of benzene rings is 1. The van der Waals surface area contributed by atoms with Gasteiger partial charge in [0.15, 0.2) is 0 Å². The number of carbonyl (C=O) groups excluding carboxylic acids is 1. The maximum absolute atomic E-state index is 11.6. The van der Waals surface area contributed by atoms with E-state index in [-0.39, 0.29) is 16.8 Å². The molecule has 20 heavy (non-hydrogen) atoms. The maximum Gasteiger partial charge on any atom is 0.220 e. The Morgan fingerprint density at radius 2 is 2.20 bits per heavy atom. The Hall–Kier alpha value is -0.930. The molecule has 1 aromatic rings. The molecule has 0 saturated heterocycles. The van der Waals surface area contributed by atoms with Crippen molar-refractivity contribution in [2.24, 2.45) is 0 Å². The molecule has 0 aliphatic heterocycles. The van der Waals surface area contributed by atoms with E-state index in [4.69, 9.17) is 27.9 Å². The number of nitrogens with one attached hydrogen (secondary N) is 1. The highest BCUT2D eigenvalue weighted by Gasteiger charge is 2.46. The first-order valence-electron chi connectivity index (χ1n) is 6.85. The van der Waals surface area contributed by atoms with Gasteiger partial charge in [0, 0.05) is 11.4 Å². The molecule has 1 aliphatic carbocycles. The van der Waals surface area contributed by atoms with E-state index < -0.39 is 0 Å². The minimum absolute atomic E-state index is 0.0410. The number of alkyl halides is 1. The Morgan fingerprint density at radius 1 is 1.50 bits per heavy atom. The molecule has 0 spiro atoms. The molecule has 1 atom stereocenters. The second kappa shape index (κ2) is 6.23. The number of carbonyl (C=O) groups is 1. The summed E-state index contributed by atoms with van der Waals surface area (Å²) >= 11 is 12.2. The number of halogens is 2. The van der Waals surface area contributed by atoms with Crippen molar-refractivity contribution in [3.8, 4) is 5.75 Å². The van der Waals surface area contributed by atoms with Crippen LogP contribution in [0, 0.1) is 0 Å². The van der Waals surface area contributed by atoms with Crippen LogP contribution in [0.4, 0.5) is 0 Å². The lowest BCUT2D eigenvalue weighted by molar-refractivity contribution is -0.121. The molecule has 1 aromatic carbocycles. The van der Waals surface area contributed by atoms with E-state index in [1.807, 2.05) is 32.0 Å². The van der Waals surface area contributed by atoms with Gasteiger partial charge in [-0.15, -0.1) is 11.6 Å². The Morgan fingerprint density at radius 3 is 2.75 bits per heavy atom. The van der Waals surface area contributed by atoms with Gasteiger partial charge in [-0.05, 0) is 43.5 Å². The molecular formula is C15H19Cl2NO2. The van der Waals surface area contributed by atoms with Crippen LogP contribution in [0.2, 0.25) is 5.02 Å². The molecular weight excluding hydrogens is 297 g/mol. The van der Waals surface area contributed by atoms with Gasteiger partial charge >= 0.3 is 0 Å².